The molecule has 0 aliphatic heterocycles. The highest BCUT2D eigenvalue weighted by atomic mass is 127. The maximum Gasteiger partial charge on any atom is 0.341 e. The van der Waals surface area contributed by atoms with Crippen LogP contribution in [0.1, 0.15) is 10.4 Å². The Morgan fingerprint density at radius 1 is 1.30 bits per heavy atom. The maximum atomic E-state index is 14.1. The molecule has 0 fully saturated rings. The largest absolute Gasteiger partial charge is 0.465 e. The van der Waals surface area contributed by atoms with Crippen molar-refractivity contribution in [1.82, 2.24) is 9.38 Å². The molecule has 8 heteroatoms. The summed E-state index contributed by atoms with van der Waals surface area (Å²) in [6, 6.07) is 5.62. The van der Waals surface area contributed by atoms with E-state index < -0.39 is 17.6 Å². The van der Waals surface area contributed by atoms with Gasteiger partial charge < -0.3 is 10.1 Å². The molecule has 2 heterocycles. The van der Waals surface area contributed by atoms with Gasteiger partial charge in [0.1, 0.15) is 34.9 Å². The van der Waals surface area contributed by atoms with Crippen LogP contribution in [0.2, 0.25) is 0 Å². The van der Waals surface area contributed by atoms with Gasteiger partial charge >= 0.3 is 5.97 Å². The minimum absolute atomic E-state index is 0.0616. The van der Waals surface area contributed by atoms with Crippen molar-refractivity contribution in [3.05, 3.63) is 57.6 Å². The predicted octanol–water partition coefficient (Wildman–Crippen LogP) is 3.75. The molecule has 3 rings (SSSR count). The summed E-state index contributed by atoms with van der Waals surface area (Å²) in [4.78, 5) is 15.8. The van der Waals surface area contributed by atoms with Crippen molar-refractivity contribution in [2.45, 2.75) is 0 Å². The Morgan fingerprint density at radius 2 is 2.09 bits per heavy atom. The number of carbonyl (C=O) groups excluding carboxylic acids is 1. The molecule has 0 aliphatic carbocycles. The maximum absolute atomic E-state index is 14.1. The van der Waals surface area contributed by atoms with Crippen molar-refractivity contribution in [2.75, 3.05) is 12.4 Å². The Labute approximate surface area is 143 Å². The van der Waals surface area contributed by atoms with Crippen LogP contribution < -0.4 is 5.32 Å². The number of ether oxygens (including phenoxy) is 1. The van der Waals surface area contributed by atoms with E-state index in [0.717, 1.165) is 9.64 Å². The van der Waals surface area contributed by atoms with Gasteiger partial charge in [0.25, 0.3) is 0 Å². The first-order valence-corrected chi connectivity index (χ1v) is 7.54. The number of hydrogen-bond donors (Lipinski definition) is 1. The highest BCUT2D eigenvalue weighted by molar-refractivity contribution is 14.1. The molecule has 0 aliphatic rings. The fourth-order valence-corrected chi connectivity index (χ4v) is 2.61. The lowest BCUT2D eigenvalue weighted by atomic mass is 10.2. The zero-order valence-corrected chi connectivity index (χ0v) is 14.0. The summed E-state index contributed by atoms with van der Waals surface area (Å²) in [7, 11) is 1.19. The number of hydrogen-bond acceptors (Lipinski definition) is 4. The predicted molar refractivity (Wildman–Crippen MR) is 88.9 cm³/mol. The lowest BCUT2D eigenvalue weighted by molar-refractivity contribution is 0.0601. The van der Waals surface area contributed by atoms with Crippen molar-refractivity contribution in [1.29, 1.82) is 0 Å². The van der Waals surface area contributed by atoms with Gasteiger partial charge in [-0.2, -0.15) is 0 Å². The normalized spacial score (nSPS) is 10.8. The van der Waals surface area contributed by atoms with Crippen LogP contribution in [-0.4, -0.2) is 22.5 Å². The molecule has 118 valence electrons. The molecule has 1 N–H and O–H groups in total. The van der Waals surface area contributed by atoms with Gasteiger partial charge in [0.05, 0.1) is 19.0 Å². The first-order valence-electron chi connectivity index (χ1n) is 6.46. The van der Waals surface area contributed by atoms with Gasteiger partial charge in [-0.25, -0.2) is 18.6 Å². The molecule has 0 atom stereocenters. The van der Waals surface area contributed by atoms with E-state index in [2.05, 4.69) is 15.0 Å². The van der Waals surface area contributed by atoms with Gasteiger partial charge in [0, 0.05) is 3.57 Å². The number of rotatable bonds is 3. The van der Waals surface area contributed by atoms with Gasteiger partial charge in [-0.3, -0.25) is 4.40 Å². The summed E-state index contributed by atoms with van der Waals surface area (Å²) in [5.74, 6) is -1.69. The van der Waals surface area contributed by atoms with Crippen molar-refractivity contribution >= 4 is 45.6 Å². The van der Waals surface area contributed by atoms with Gasteiger partial charge in [-0.05, 0) is 46.9 Å². The van der Waals surface area contributed by atoms with E-state index in [0.29, 0.717) is 0 Å². The standard InChI is InChI=1S/C15H10F2IN3O2/c1-23-15(22)9-5-11(17)13-6-19-7-21(13)14(9)20-12-3-2-8(18)4-10(12)16/h2-7,20H,1H3. The summed E-state index contributed by atoms with van der Waals surface area (Å²) in [5.41, 5.74) is 0.247. The van der Waals surface area contributed by atoms with Gasteiger partial charge in [0.2, 0.25) is 0 Å². The van der Waals surface area contributed by atoms with Crippen LogP contribution in [0.3, 0.4) is 0 Å². The van der Waals surface area contributed by atoms with E-state index in [1.54, 1.807) is 6.07 Å². The van der Waals surface area contributed by atoms with Crippen LogP contribution in [0, 0.1) is 15.2 Å². The first-order chi connectivity index (χ1) is 11.0. The van der Waals surface area contributed by atoms with Crippen molar-refractivity contribution < 1.29 is 18.3 Å². The third kappa shape index (κ3) is 2.85. The number of nitrogens with one attached hydrogen (secondary N) is 1. The minimum Gasteiger partial charge on any atom is -0.465 e. The number of benzene rings is 1. The number of nitrogens with zero attached hydrogens (tertiary/aromatic N) is 2. The molecule has 23 heavy (non-hydrogen) atoms. The van der Waals surface area contributed by atoms with Crippen molar-refractivity contribution in [2.24, 2.45) is 0 Å². The second-order valence-electron chi connectivity index (χ2n) is 4.64. The molecule has 0 saturated carbocycles. The fourth-order valence-electron chi connectivity index (χ4n) is 2.16. The topological polar surface area (TPSA) is 55.6 Å². The molecule has 0 unspecified atom stereocenters. The zero-order valence-electron chi connectivity index (χ0n) is 11.8. The highest BCUT2D eigenvalue weighted by Gasteiger charge is 2.20. The molecule has 5 nitrogen and oxygen atoms in total. The molecule has 0 radical (unpaired) electrons. The number of imidazole rings is 1. The minimum atomic E-state index is -0.743. The van der Waals surface area contributed by atoms with E-state index in [1.807, 2.05) is 22.6 Å². The number of pyridine rings is 1. The summed E-state index contributed by atoms with van der Waals surface area (Å²) < 4.78 is 34.9. The molecule has 0 saturated heterocycles. The number of carbonyl (C=O) groups is 1. The Kier molecular flexibility index (Phi) is 4.16. The SMILES string of the molecule is COC(=O)c1cc(F)c2cncn2c1Nc1ccc(I)cc1F. The summed E-state index contributed by atoms with van der Waals surface area (Å²) in [6.45, 7) is 0. The second-order valence-corrected chi connectivity index (χ2v) is 5.89. The van der Waals surface area contributed by atoms with E-state index in [4.69, 9.17) is 0 Å². The summed E-state index contributed by atoms with van der Waals surface area (Å²) in [5, 5.41) is 2.82. The number of fused-ring (bicyclic) bond motifs is 1. The lowest BCUT2D eigenvalue weighted by Gasteiger charge is -2.14. The smallest absolute Gasteiger partial charge is 0.341 e. The Morgan fingerprint density at radius 3 is 2.78 bits per heavy atom. The first kappa shape index (κ1) is 15.7. The van der Waals surface area contributed by atoms with Crippen LogP contribution in [0.25, 0.3) is 5.52 Å². The van der Waals surface area contributed by atoms with Crippen LogP contribution in [-0.2, 0) is 4.74 Å². The molecule has 2 aromatic heterocycles. The Bertz CT molecular complexity index is 911. The summed E-state index contributed by atoms with van der Waals surface area (Å²) in [6.07, 6.45) is 2.64. The molecule has 0 amide bonds. The van der Waals surface area contributed by atoms with E-state index in [9.17, 15) is 13.6 Å². The van der Waals surface area contributed by atoms with Gasteiger partial charge in [-0.15, -0.1) is 0 Å². The third-order valence-electron chi connectivity index (χ3n) is 3.24. The average molecular weight is 429 g/mol. The zero-order chi connectivity index (χ0) is 16.6. The third-order valence-corrected chi connectivity index (χ3v) is 3.91. The lowest BCUT2D eigenvalue weighted by Crippen LogP contribution is -2.11. The van der Waals surface area contributed by atoms with Crippen molar-refractivity contribution in [3.8, 4) is 0 Å². The second kappa shape index (κ2) is 6.11. The average Bonchev–Trinajstić information content (AvgIpc) is 3.01. The number of anilines is 2. The number of aromatic nitrogens is 2. The van der Waals surface area contributed by atoms with E-state index >= 15 is 0 Å². The molecular formula is C15H10F2IN3O2. The molecule has 3 aromatic rings. The molecular weight excluding hydrogens is 419 g/mol. The Hall–Kier alpha value is -2.23. The monoisotopic (exact) mass is 429 g/mol. The Balaban J connectivity index is 2.20. The van der Waals surface area contributed by atoms with Crippen LogP contribution in [0.15, 0.2) is 36.8 Å². The summed E-state index contributed by atoms with van der Waals surface area (Å²) >= 11 is 1.99. The van der Waals surface area contributed by atoms with Gasteiger partial charge in [-0.1, -0.05) is 0 Å². The molecule has 1 aromatic carbocycles. The molecule has 0 bridgehead atoms. The van der Waals surface area contributed by atoms with Crippen molar-refractivity contribution in [3.63, 3.8) is 0 Å². The highest BCUT2D eigenvalue weighted by Crippen LogP contribution is 2.27. The number of esters is 1. The van der Waals surface area contributed by atoms with Crippen LogP contribution in [0.4, 0.5) is 20.3 Å². The van der Waals surface area contributed by atoms with Crippen LogP contribution >= 0.6 is 22.6 Å². The number of halogens is 3. The number of methoxy groups -OCH3 is 1. The fraction of sp³-hybridized carbons (Fsp3) is 0.0667. The van der Waals surface area contributed by atoms with E-state index in [1.165, 1.54) is 36.2 Å². The van der Waals surface area contributed by atoms with Crippen LogP contribution in [0.5, 0.6) is 0 Å². The quantitative estimate of drug-likeness (QED) is 0.509. The van der Waals surface area contributed by atoms with Gasteiger partial charge in [0.15, 0.2) is 0 Å². The molecule has 0 spiro atoms. The van der Waals surface area contributed by atoms with E-state index in [-0.39, 0.29) is 22.6 Å².